The summed E-state index contributed by atoms with van der Waals surface area (Å²) in [5, 5.41) is 4.89. The first kappa shape index (κ1) is 17.6. The highest BCUT2D eigenvalue weighted by atomic mass is 32.1. The maximum atomic E-state index is 13.2. The van der Waals surface area contributed by atoms with Crippen LogP contribution in [0, 0.1) is 11.7 Å². The third-order valence-corrected chi connectivity index (χ3v) is 5.53. The molecule has 0 radical (unpaired) electrons. The second-order valence-electron chi connectivity index (χ2n) is 6.30. The van der Waals surface area contributed by atoms with Gasteiger partial charge in [-0.15, -0.1) is 11.3 Å². The van der Waals surface area contributed by atoms with Gasteiger partial charge in [-0.05, 0) is 42.0 Å². The molecular weight excluding hydrogens is 339 g/mol. The number of thiophene rings is 1. The number of hydrogen-bond acceptors (Lipinski definition) is 3. The predicted octanol–water partition coefficient (Wildman–Crippen LogP) is 3.16. The van der Waals surface area contributed by atoms with E-state index in [-0.39, 0.29) is 36.0 Å². The number of benzene rings is 1. The van der Waals surface area contributed by atoms with E-state index in [9.17, 15) is 14.0 Å². The fourth-order valence-electron chi connectivity index (χ4n) is 3.28. The number of rotatable bonds is 6. The second kappa shape index (κ2) is 7.78. The van der Waals surface area contributed by atoms with Gasteiger partial charge in [-0.25, -0.2) is 4.39 Å². The van der Waals surface area contributed by atoms with E-state index in [0.29, 0.717) is 13.0 Å². The molecule has 1 aromatic carbocycles. The lowest BCUT2D eigenvalue weighted by molar-refractivity contribution is -0.128. The van der Waals surface area contributed by atoms with Gasteiger partial charge in [0.05, 0.1) is 12.0 Å². The summed E-state index contributed by atoms with van der Waals surface area (Å²) in [7, 11) is 1.75. The molecule has 6 heteroatoms. The van der Waals surface area contributed by atoms with Crippen molar-refractivity contribution < 1.29 is 14.0 Å². The minimum atomic E-state index is -0.356. The molecule has 0 spiro atoms. The normalized spacial score (nSPS) is 20.1. The first-order chi connectivity index (χ1) is 12.1. The molecule has 25 heavy (non-hydrogen) atoms. The maximum Gasteiger partial charge on any atom is 0.226 e. The van der Waals surface area contributed by atoms with Crippen molar-refractivity contribution in [1.29, 1.82) is 0 Å². The van der Waals surface area contributed by atoms with Crippen LogP contribution in [-0.2, 0) is 16.0 Å². The van der Waals surface area contributed by atoms with Crippen LogP contribution in [0.2, 0.25) is 0 Å². The fraction of sp³-hybridized carbons (Fsp3) is 0.368. The summed E-state index contributed by atoms with van der Waals surface area (Å²) >= 11 is 1.56. The summed E-state index contributed by atoms with van der Waals surface area (Å²) < 4.78 is 13.2. The first-order valence-corrected chi connectivity index (χ1v) is 9.25. The van der Waals surface area contributed by atoms with E-state index >= 15 is 0 Å². The molecule has 2 unspecified atom stereocenters. The molecule has 1 fully saturated rings. The van der Waals surface area contributed by atoms with Gasteiger partial charge in [-0.1, -0.05) is 18.2 Å². The predicted molar refractivity (Wildman–Crippen MR) is 95.7 cm³/mol. The number of carbonyl (C=O) groups excluding carboxylic acids is 2. The van der Waals surface area contributed by atoms with E-state index < -0.39 is 0 Å². The second-order valence-corrected chi connectivity index (χ2v) is 7.28. The van der Waals surface area contributed by atoms with Crippen molar-refractivity contribution in [3.63, 3.8) is 0 Å². The van der Waals surface area contributed by atoms with Crippen molar-refractivity contribution in [3.05, 3.63) is 58.0 Å². The number of carbonyl (C=O) groups is 2. The Morgan fingerprint density at radius 2 is 2.20 bits per heavy atom. The number of likely N-dealkylation sites (tertiary alicyclic amines) is 1. The Hall–Kier alpha value is -2.21. The van der Waals surface area contributed by atoms with E-state index in [2.05, 4.69) is 5.32 Å². The average Bonchev–Trinajstić information content (AvgIpc) is 3.20. The molecule has 2 amide bonds. The number of nitrogens with one attached hydrogen (secondary N) is 1. The van der Waals surface area contributed by atoms with Crippen molar-refractivity contribution in [1.82, 2.24) is 10.2 Å². The maximum absolute atomic E-state index is 13.2. The molecule has 0 aliphatic carbocycles. The van der Waals surface area contributed by atoms with Gasteiger partial charge in [0.15, 0.2) is 0 Å². The molecule has 0 bridgehead atoms. The SMILES string of the molecule is CN1C(=O)CC(C(=O)NCCCc2cccc(F)c2)C1c1cccs1. The van der Waals surface area contributed by atoms with Crippen molar-refractivity contribution in [2.75, 3.05) is 13.6 Å². The Morgan fingerprint density at radius 3 is 2.92 bits per heavy atom. The van der Waals surface area contributed by atoms with Gasteiger partial charge in [-0.3, -0.25) is 9.59 Å². The van der Waals surface area contributed by atoms with Crippen LogP contribution in [0.15, 0.2) is 41.8 Å². The number of halogens is 1. The van der Waals surface area contributed by atoms with Crippen LogP contribution < -0.4 is 5.32 Å². The lowest BCUT2D eigenvalue weighted by atomic mass is 9.98. The molecule has 1 N–H and O–H groups in total. The monoisotopic (exact) mass is 360 g/mol. The Bertz CT molecular complexity index is 748. The standard InChI is InChI=1S/C19H21FN2O2S/c1-22-17(23)12-15(18(22)16-8-4-10-25-16)19(24)21-9-3-6-13-5-2-7-14(20)11-13/h2,4-5,7-8,10-11,15,18H,3,6,9,12H2,1H3,(H,21,24). The molecule has 4 nitrogen and oxygen atoms in total. The molecule has 3 rings (SSSR count). The van der Waals surface area contributed by atoms with E-state index in [0.717, 1.165) is 16.9 Å². The fourth-order valence-corrected chi connectivity index (χ4v) is 4.21. The highest BCUT2D eigenvalue weighted by Crippen LogP contribution is 2.39. The van der Waals surface area contributed by atoms with Crippen LogP contribution >= 0.6 is 11.3 Å². The molecule has 2 heterocycles. The lowest BCUT2D eigenvalue weighted by Crippen LogP contribution is -2.34. The smallest absolute Gasteiger partial charge is 0.226 e. The van der Waals surface area contributed by atoms with Crippen molar-refractivity contribution >= 4 is 23.2 Å². The minimum Gasteiger partial charge on any atom is -0.356 e. The van der Waals surface area contributed by atoms with Gasteiger partial charge < -0.3 is 10.2 Å². The molecule has 1 aromatic heterocycles. The summed E-state index contributed by atoms with van der Waals surface area (Å²) in [5.41, 5.74) is 0.918. The van der Waals surface area contributed by atoms with Crippen molar-refractivity contribution in [2.45, 2.75) is 25.3 Å². The van der Waals surface area contributed by atoms with Gasteiger partial charge in [0.1, 0.15) is 5.82 Å². The summed E-state index contributed by atoms with van der Waals surface area (Å²) in [4.78, 5) is 27.3. The topological polar surface area (TPSA) is 49.4 Å². The minimum absolute atomic E-state index is 0.00156. The van der Waals surface area contributed by atoms with Gasteiger partial charge >= 0.3 is 0 Å². The first-order valence-electron chi connectivity index (χ1n) is 8.37. The number of hydrogen-bond donors (Lipinski definition) is 1. The molecular formula is C19H21FN2O2S. The number of amides is 2. The summed E-state index contributed by atoms with van der Waals surface area (Å²) in [6.45, 7) is 0.515. The van der Waals surface area contributed by atoms with E-state index in [1.165, 1.54) is 12.1 Å². The van der Waals surface area contributed by atoms with Gasteiger partial charge in [0.2, 0.25) is 11.8 Å². The highest BCUT2D eigenvalue weighted by Gasteiger charge is 2.42. The van der Waals surface area contributed by atoms with Crippen LogP contribution in [0.3, 0.4) is 0 Å². The van der Waals surface area contributed by atoms with E-state index in [1.807, 2.05) is 23.6 Å². The Morgan fingerprint density at radius 1 is 1.36 bits per heavy atom. The molecule has 132 valence electrons. The molecule has 1 aliphatic rings. The zero-order valence-electron chi connectivity index (χ0n) is 14.1. The lowest BCUT2D eigenvalue weighted by Gasteiger charge is -2.23. The third-order valence-electron chi connectivity index (χ3n) is 4.59. The van der Waals surface area contributed by atoms with Crippen LogP contribution in [-0.4, -0.2) is 30.3 Å². The Labute approximate surface area is 150 Å². The molecule has 1 saturated heterocycles. The van der Waals surface area contributed by atoms with Gasteiger partial charge in [-0.2, -0.15) is 0 Å². The zero-order valence-corrected chi connectivity index (χ0v) is 14.9. The largest absolute Gasteiger partial charge is 0.356 e. The third kappa shape index (κ3) is 4.07. The van der Waals surface area contributed by atoms with Crippen LogP contribution in [0.1, 0.15) is 29.3 Å². The quantitative estimate of drug-likeness (QED) is 0.805. The number of nitrogens with zero attached hydrogens (tertiary/aromatic N) is 1. The van der Waals surface area contributed by atoms with Crippen LogP contribution in [0.25, 0.3) is 0 Å². The summed E-state index contributed by atoms with van der Waals surface area (Å²) in [5.74, 6) is -0.688. The summed E-state index contributed by atoms with van der Waals surface area (Å²) in [6.07, 6.45) is 1.68. The van der Waals surface area contributed by atoms with Crippen molar-refractivity contribution in [2.24, 2.45) is 5.92 Å². The Balaban J connectivity index is 1.54. The van der Waals surface area contributed by atoms with Crippen LogP contribution in [0.5, 0.6) is 0 Å². The zero-order chi connectivity index (χ0) is 17.8. The molecule has 2 aromatic rings. The Kier molecular flexibility index (Phi) is 5.48. The van der Waals surface area contributed by atoms with Crippen LogP contribution in [0.4, 0.5) is 4.39 Å². The molecule has 1 aliphatic heterocycles. The summed E-state index contributed by atoms with van der Waals surface area (Å²) in [6, 6.07) is 10.2. The highest BCUT2D eigenvalue weighted by molar-refractivity contribution is 7.10. The van der Waals surface area contributed by atoms with E-state index in [1.54, 1.807) is 29.4 Å². The number of aryl methyl sites for hydroxylation is 1. The van der Waals surface area contributed by atoms with Gasteiger partial charge in [0.25, 0.3) is 0 Å². The van der Waals surface area contributed by atoms with Gasteiger partial charge in [0, 0.05) is 24.9 Å². The van der Waals surface area contributed by atoms with Crippen molar-refractivity contribution in [3.8, 4) is 0 Å². The van der Waals surface area contributed by atoms with E-state index in [4.69, 9.17) is 0 Å². The molecule has 0 saturated carbocycles. The molecule has 2 atom stereocenters. The average molecular weight is 360 g/mol.